The summed E-state index contributed by atoms with van der Waals surface area (Å²) in [5, 5.41) is 0. The molecule has 0 unspecified atom stereocenters. The van der Waals surface area contributed by atoms with E-state index in [1.165, 1.54) is 0 Å². The minimum absolute atomic E-state index is 0.108. The van der Waals surface area contributed by atoms with Crippen molar-refractivity contribution in [3.05, 3.63) is 29.6 Å². The molecule has 0 radical (unpaired) electrons. The van der Waals surface area contributed by atoms with Gasteiger partial charge in [0.05, 0.1) is 12.2 Å². The number of nitrogens with zero attached hydrogens (tertiary/aromatic N) is 2. The lowest BCUT2D eigenvalue weighted by Crippen LogP contribution is -2.35. The Morgan fingerprint density at radius 2 is 2.11 bits per heavy atom. The van der Waals surface area contributed by atoms with E-state index in [1.54, 1.807) is 11.9 Å². The minimum atomic E-state index is -0.294. The Morgan fingerprint density at radius 1 is 1.44 bits per heavy atom. The molecule has 2 N–H and O–H groups in total. The SMILES string of the molecule is Cc1cccc(CN(C)C(=O)CCC(C)(C)N)n1. The van der Waals surface area contributed by atoms with Crippen LogP contribution in [-0.2, 0) is 11.3 Å². The predicted octanol–water partition coefficient (Wildman–Crippen LogP) is 1.87. The third kappa shape index (κ3) is 5.27. The monoisotopic (exact) mass is 249 g/mol. The van der Waals surface area contributed by atoms with Crippen molar-refractivity contribution >= 4 is 5.91 Å². The molecule has 18 heavy (non-hydrogen) atoms. The molecular weight excluding hydrogens is 226 g/mol. The van der Waals surface area contributed by atoms with Crippen molar-refractivity contribution in [3.8, 4) is 0 Å². The number of hydrogen-bond donors (Lipinski definition) is 1. The Balaban J connectivity index is 2.50. The van der Waals surface area contributed by atoms with Crippen LogP contribution in [0.25, 0.3) is 0 Å². The molecule has 0 atom stereocenters. The highest BCUT2D eigenvalue weighted by molar-refractivity contribution is 5.75. The molecule has 0 aliphatic carbocycles. The zero-order valence-electron chi connectivity index (χ0n) is 11.7. The van der Waals surface area contributed by atoms with Crippen LogP contribution in [0, 0.1) is 6.92 Å². The molecule has 0 fully saturated rings. The van der Waals surface area contributed by atoms with Crippen molar-refractivity contribution in [1.82, 2.24) is 9.88 Å². The fourth-order valence-electron chi connectivity index (χ4n) is 1.64. The van der Waals surface area contributed by atoms with Crippen molar-refractivity contribution in [3.63, 3.8) is 0 Å². The molecule has 1 aromatic rings. The highest BCUT2D eigenvalue weighted by atomic mass is 16.2. The lowest BCUT2D eigenvalue weighted by molar-refractivity contribution is -0.130. The fraction of sp³-hybridized carbons (Fsp3) is 0.571. The number of hydrogen-bond acceptors (Lipinski definition) is 3. The number of pyridine rings is 1. The molecule has 0 spiro atoms. The predicted molar refractivity (Wildman–Crippen MR) is 72.9 cm³/mol. The van der Waals surface area contributed by atoms with Crippen molar-refractivity contribution in [2.45, 2.75) is 45.7 Å². The fourth-order valence-corrected chi connectivity index (χ4v) is 1.64. The second-order valence-electron chi connectivity index (χ2n) is 5.51. The van der Waals surface area contributed by atoms with E-state index in [0.717, 1.165) is 11.4 Å². The average Bonchev–Trinajstić information content (AvgIpc) is 2.24. The van der Waals surface area contributed by atoms with Crippen molar-refractivity contribution in [2.24, 2.45) is 5.73 Å². The summed E-state index contributed by atoms with van der Waals surface area (Å²) in [5.41, 5.74) is 7.46. The first-order chi connectivity index (χ1) is 8.28. The summed E-state index contributed by atoms with van der Waals surface area (Å²) in [6, 6.07) is 5.84. The van der Waals surface area contributed by atoms with Crippen LogP contribution in [0.5, 0.6) is 0 Å². The van der Waals surface area contributed by atoms with Crippen LogP contribution in [-0.4, -0.2) is 28.4 Å². The van der Waals surface area contributed by atoms with Gasteiger partial charge in [-0.1, -0.05) is 6.07 Å². The van der Waals surface area contributed by atoms with E-state index in [9.17, 15) is 4.79 Å². The lowest BCUT2D eigenvalue weighted by atomic mass is 10.00. The summed E-state index contributed by atoms with van der Waals surface area (Å²) < 4.78 is 0. The summed E-state index contributed by atoms with van der Waals surface area (Å²) in [7, 11) is 1.80. The molecule has 1 heterocycles. The third-order valence-electron chi connectivity index (χ3n) is 2.75. The van der Waals surface area contributed by atoms with Crippen LogP contribution < -0.4 is 5.73 Å². The minimum Gasteiger partial charge on any atom is -0.340 e. The van der Waals surface area contributed by atoms with Crippen molar-refractivity contribution in [2.75, 3.05) is 7.05 Å². The van der Waals surface area contributed by atoms with Crippen LogP contribution in [0.1, 0.15) is 38.1 Å². The van der Waals surface area contributed by atoms with Crippen LogP contribution >= 0.6 is 0 Å². The maximum absolute atomic E-state index is 11.9. The zero-order valence-corrected chi connectivity index (χ0v) is 11.7. The standard InChI is InChI=1S/C14H23N3O/c1-11-6-5-7-12(16-11)10-17(4)13(18)8-9-14(2,3)15/h5-7H,8-10,15H2,1-4H3. The first kappa shape index (κ1) is 14.6. The van der Waals surface area contributed by atoms with Crippen molar-refractivity contribution < 1.29 is 4.79 Å². The van der Waals surface area contributed by atoms with Gasteiger partial charge >= 0.3 is 0 Å². The maximum atomic E-state index is 11.9. The van der Waals surface area contributed by atoms with E-state index in [4.69, 9.17) is 5.73 Å². The van der Waals surface area contributed by atoms with Gasteiger partial charge < -0.3 is 10.6 Å². The molecule has 0 aliphatic heterocycles. The van der Waals surface area contributed by atoms with Gasteiger partial charge in [-0.05, 0) is 39.3 Å². The Kier molecular flexibility index (Phi) is 4.84. The number of nitrogens with two attached hydrogens (primary N) is 1. The number of aromatic nitrogens is 1. The third-order valence-corrected chi connectivity index (χ3v) is 2.75. The van der Waals surface area contributed by atoms with Gasteiger partial charge in [-0.3, -0.25) is 9.78 Å². The smallest absolute Gasteiger partial charge is 0.222 e. The van der Waals surface area contributed by atoms with Gasteiger partial charge in [0.25, 0.3) is 0 Å². The number of aryl methyl sites for hydroxylation is 1. The topological polar surface area (TPSA) is 59.2 Å². The highest BCUT2D eigenvalue weighted by Gasteiger charge is 2.16. The summed E-state index contributed by atoms with van der Waals surface area (Å²) in [6.07, 6.45) is 1.17. The Hall–Kier alpha value is -1.42. The summed E-state index contributed by atoms with van der Waals surface area (Å²) >= 11 is 0. The second-order valence-corrected chi connectivity index (χ2v) is 5.51. The van der Waals surface area contributed by atoms with Gasteiger partial charge in [-0.25, -0.2) is 0 Å². The Morgan fingerprint density at radius 3 is 2.67 bits per heavy atom. The van der Waals surface area contributed by atoms with Gasteiger partial charge in [-0.2, -0.15) is 0 Å². The number of carbonyl (C=O) groups is 1. The first-order valence-corrected chi connectivity index (χ1v) is 6.23. The van der Waals surface area contributed by atoms with Gasteiger partial charge in [0.15, 0.2) is 0 Å². The molecule has 4 heteroatoms. The molecule has 1 amide bonds. The van der Waals surface area contributed by atoms with E-state index in [-0.39, 0.29) is 11.4 Å². The van der Waals surface area contributed by atoms with Gasteiger partial charge in [0, 0.05) is 24.7 Å². The van der Waals surface area contributed by atoms with Crippen LogP contribution in [0.2, 0.25) is 0 Å². The van der Waals surface area contributed by atoms with E-state index < -0.39 is 0 Å². The van der Waals surface area contributed by atoms with Gasteiger partial charge in [0.1, 0.15) is 0 Å². The molecule has 0 aromatic carbocycles. The number of amides is 1. The van der Waals surface area contributed by atoms with E-state index in [1.807, 2.05) is 39.0 Å². The zero-order chi connectivity index (χ0) is 13.8. The molecule has 0 saturated heterocycles. The summed E-state index contributed by atoms with van der Waals surface area (Å²) in [6.45, 7) is 6.36. The largest absolute Gasteiger partial charge is 0.340 e. The number of rotatable bonds is 5. The molecule has 100 valence electrons. The van der Waals surface area contributed by atoms with E-state index >= 15 is 0 Å². The van der Waals surface area contributed by atoms with Crippen LogP contribution in [0.4, 0.5) is 0 Å². The lowest BCUT2D eigenvalue weighted by Gasteiger charge is -2.21. The van der Waals surface area contributed by atoms with Crippen LogP contribution in [0.3, 0.4) is 0 Å². The quantitative estimate of drug-likeness (QED) is 0.866. The van der Waals surface area contributed by atoms with Crippen molar-refractivity contribution in [1.29, 1.82) is 0 Å². The molecular formula is C14H23N3O. The normalized spacial score (nSPS) is 11.4. The average molecular weight is 249 g/mol. The maximum Gasteiger partial charge on any atom is 0.222 e. The van der Waals surface area contributed by atoms with Crippen LogP contribution in [0.15, 0.2) is 18.2 Å². The van der Waals surface area contributed by atoms with E-state index in [0.29, 0.717) is 19.4 Å². The highest BCUT2D eigenvalue weighted by Crippen LogP contribution is 2.10. The molecule has 0 bridgehead atoms. The van der Waals surface area contributed by atoms with E-state index in [2.05, 4.69) is 4.98 Å². The molecule has 0 saturated carbocycles. The number of carbonyl (C=O) groups excluding carboxylic acids is 1. The first-order valence-electron chi connectivity index (χ1n) is 6.23. The van der Waals surface area contributed by atoms with Gasteiger partial charge in [-0.15, -0.1) is 0 Å². The molecule has 1 rings (SSSR count). The molecule has 4 nitrogen and oxygen atoms in total. The molecule has 1 aromatic heterocycles. The Labute approximate surface area is 109 Å². The summed E-state index contributed by atoms with van der Waals surface area (Å²) in [4.78, 5) is 18.0. The second kappa shape index (κ2) is 5.96. The van der Waals surface area contributed by atoms with Gasteiger partial charge in [0.2, 0.25) is 5.91 Å². The summed E-state index contributed by atoms with van der Waals surface area (Å²) in [5.74, 6) is 0.108. The Bertz CT molecular complexity index is 410. The molecule has 0 aliphatic rings.